The van der Waals surface area contributed by atoms with Crippen molar-refractivity contribution in [2.75, 3.05) is 38.5 Å². The summed E-state index contributed by atoms with van der Waals surface area (Å²) in [5.74, 6) is 0.517. The summed E-state index contributed by atoms with van der Waals surface area (Å²) in [5, 5.41) is 5.49. The molecule has 25 heavy (non-hydrogen) atoms. The molecule has 0 aromatic carbocycles. The Morgan fingerprint density at radius 2 is 1.80 bits per heavy atom. The number of hydrogen-bond acceptors (Lipinski definition) is 6. The van der Waals surface area contributed by atoms with Crippen molar-refractivity contribution in [3.8, 4) is 0 Å². The van der Waals surface area contributed by atoms with Crippen LogP contribution in [0, 0.1) is 3.70 Å². The van der Waals surface area contributed by atoms with Crippen LogP contribution in [0.2, 0.25) is 0 Å². The number of anilines is 1. The lowest BCUT2D eigenvalue weighted by molar-refractivity contribution is 0.0908. The van der Waals surface area contributed by atoms with Gasteiger partial charge in [-0.3, -0.25) is 0 Å². The van der Waals surface area contributed by atoms with Crippen LogP contribution in [0.5, 0.6) is 0 Å². The quantitative estimate of drug-likeness (QED) is 0.711. The fraction of sp³-hybridized carbons (Fsp3) is 0.706. The first kappa shape index (κ1) is 17.4. The standard InChI is InChI=1S/C17H26IN7/c18-15-14-16(19)20-12-21-17(14)25(22-15)11-10-23-8-4-13(5-9-23)24-6-2-1-3-7-24/h12-13H,1-11H2,(H2,19,20,21). The highest BCUT2D eigenvalue weighted by atomic mass is 127. The molecule has 2 N–H and O–H groups in total. The van der Waals surface area contributed by atoms with Crippen LogP contribution in [0.3, 0.4) is 0 Å². The van der Waals surface area contributed by atoms with Gasteiger partial charge in [-0.1, -0.05) is 6.42 Å². The van der Waals surface area contributed by atoms with Crippen LogP contribution >= 0.6 is 22.6 Å². The lowest BCUT2D eigenvalue weighted by Gasteiger charge is -2.40. The van der Waals surface area contributed by atoms with Gasteiger partial charge >= 0.3 is 0 Å². The molecular formula is C17H26IN7. The Morgan fingerprint density at radius 1 is 1.04 bits per heavy atom. The number of nitrogen functional groups attached to an aromatic ring is 1. The summed E-state index contributed by atoms with van der Waals surface area (Å²) in [5.41, 5.74) is 6.82. The highest BCUT2D eigenvalue weighted by Crippen LogP contribution is 2.23. The minimum Gasteiger partial charge on any atom is -0.383 e. The molecule has 7 nitrogen and oxygen atoms in total. The summed E-state index contributed by atoms with van der Waals surface area (Å²) >= 11 is 2.21. The Kier molecular flexibility index (Phi) is 5.37. The Bertz CT molecular complexity index is 717. The maximum absolute atomic E-state index is 5.97. The number of nitrogens with zero attached hydrogens (tertiary/aromatic N) is 6. The molecule has 2 saturated heterocycles. The molecule has 2 fully saturated rings. The number of halogens is 1. The minimum atomic E-state index is 0.517. The molecule has 136 valence electrons. The monoisotopic (exact) mass is 455 g/mol. The van der Waals surface area contributed by atoms with E-state index >= 15 is 0 Å². The molecule has 2 aromatic heterocycles. The molecule has 0 amide bonds. The zero-order valence-corrected chi connectivity index (χ0v) is 16.7. The van der Waals surface area contributed by atoms with E-state index < -0.39 is 0 Å². The molecule has 4 rings (SSSR count). The van der Waals surface area contributed by atoms with Crippen LogP contribution in [0.4, 0.5) is 5.82 Å². The summed E-state index contributed by atoms with van der Waals surface area (Å²) in [6, 6.07) is 0.801. The topological polar surface area (TPSA) is 76.1 Å². The Labute approximate surface area is 162 Å². The smallest absolute Gasteiger partial charge is 0.164 e. The summed E-state index contributed by atoms with van der Waals surface area (Å²) in [6.07, 6.45) is 8.31. The lowest BCUT2D eigenvalue weighted by atomic mass is 10.00. The molecule has 0 atom stereocenters. The van der Waals surface area contributed by atoms with E-state index in [1.807, 2.05) is 4.68 Å². The number of likely N-dealkylation sites (tertiary alicyclic amines) is 2. The third-order valence-corrected chi connectivity index (χ3v) is 6.36. The van der Waals surface area contributed by atoms with Crippen LogP contribution < -0.4 is 5.73 Å². The Morgan fingerprint density at radius 3 is 2.56 bits per heavy atom. The second-order valence-electron chi connectivity index (χ2n) is 7.14. The molecule has 0 radical (unpaired) electrons. The number of fused-ring (bicyclic) bond motifs is 1. The first-order valence-electron chi connectivity index (χ1n) is 9.31. The maximum atomic E-state index is 5.97. The molecule has 2 aliphatic rings. The summed E-state index contributed by atoms with van der Waals surface area (Å²) in [4.78, 5) is 13.7. The van der Waals surface area contributed by atoms with E-state index in [1.165, 1.54) is 64.6 Å². The molecule has 2 aromatic rings. The third-order valence-electron chi connectivity index (χ3n) is 5.61. The third kappa shape index (κ3) is 3.75. The van der Waals surface area contributed by atoms with Crippen molar-refractivity contribution in [2.45, 2.75) is 44.7 Å². The van der Waals surface area contributed by atoms with Crippen molar-refractivity contribution < 1.29 is 0 Å². The SMILES string of the molecule is Nc1ncnc2c1c(I)nn2CCN1CCC(N2CCCCC2)CC1. The first-order valence-corrected chi connectivity index (χ1v) is 10.4. The molecule has 0 spiro atoms. The molecule has 2 aliphatic heterocycles. The van der Waals surface area contributed by atoms with Gasteiger partial charge in [0.25, 0.3) is 0 Å². The lowest BCUT2D eigenvalue weighted by Crippen LogP contribution is -2.47. The molecule has 4 heterocycles. The van der Waals surface area contributed by atoms with Crippen LogP contribution in [0.1, 0.15) is 32.1 Å². The zero-order valence-electron chi connectivity index (χ0n) is 14.6. The molecule has 0 saturated carbocycles. The van der Waals surface area contributed by atoms with E-state index in [0.29, 0.717) is 5.82 Å². The average molecular weight is 455 g/mol. The number of nitrogens with two attached hydrogens (primary N) is 1. The van der Waals surface area contributed by atoms with E-state index in [0.717, 1.165) is 33.9 Å². The number of piperidine rings is 2. The van der Waals surface area contributed by atoms with E-state index in [1.54, 1.807) is 0 Å². The second-order valence-corrected chi connectivity index (χ2v) is 8.16. The van der Waals surface area contributed by atoms with Crippen molar-refractivity contribution in [3.63, 3.8) is 0 Å². The molecule has 0 aliphatic carbocycles. The van der Waals surface area contributed by atoms with Gasteiger partial charge < -0.3 is 15.5 Å². The van der Waals surface area contributed by atoms with Crippen LogP contribution in [0.15, 0.2) is 6.33 Å². The Hall–Kier alpha value is -1.00. The van der Waals surface area contributed by atoms with Crippen molar-refractivity contribution >= 4 is 39.4 Å². The van der Waals surface area contributed by atoms with Gasteiger partial charge in [0.2, 0.25) is 0 Å². The van der Waals surface area contributed by atoms with Crippen LogP contribution in [-0.2, 0) is 6.54 Å². The molecule has 8 heteroatoms. The number of hydrogen-bond donors (Lipinski definition) is 1. The van der Waals surface area contributed by atoms with Crippen LogP contribution in [0.25, 0.3) is 11.0 Å². The number of aromatic nitrogens is 4. The molecule has 0 unspecified atom stereocenters. The van der Waals surface area contributed by atoms with Gasteiger partial charge in [-0.25, -0.2) is 14.6 Å². The largest absolute Gasteiger partial charge is 0.383 e. The van der Waals surface area contributed by atoms with Gasteiger partial charge in [-0.05, 0) is 74.5 Å². The van der Waals surface area contributed by atoms with E-state index in [2.05, 4.69) is 47.5 Å². The van der Waals surface area contributed by atoms with E-state index in [9.17, 15) is 0 Å². The van der Waals surface area contributed by atoms with E-state index in [-0.39, 0.29) is 0 Å². The van der Waals surface area contributed by atoms with Crippen LogP contribution in [-0.4, -0.2) is 68.3 Å². The van der Waals surface area contributed by atoms with Gasteiger partial charge in [-0.15, -0.1) is 0 Å². The number of rotatable bonds is 4. The highest BCUT2D eigenvalue weighted by Gasteiger charge is 2.25. The highest BCUT2D eigenvalue weighted by molar-refractivity contribution is 14.1. The van der Waals surface area contributed by atoms with E-state index in [4.69, 9.17) is 5.73 Å². The fourth-order valence-corrected chi connectivity index (χ4v) is 4.95. The average Bonchev–Trinajstić information content (AvgIpc) is 2.98. The second kappa shape index (κ2) is 7.71. The predicted molar refractivity (Wildman–Crippen MR) is 107 cm³/mol. The summed E-state index contributed by atoms with van der Waals surface area (Å²) in [7, 11) is 0. The van der Waals surface area contributed by atoms with Gasteiger partial charge in [0.15, 0.2) is 5.65 Å². The van der Waals surface area contributed by atoms with Gasteiger partial charge in [0.05, 0.1) is 11.9 Å². The normalized spacial score (nSPS) is 21.2. The maximum Gasteiger partial charge on any atom is 0.164 e. The summed E-state index contributed by atoms with van der Waals surface area (Å²) in [6.45, 7) is 6.87. The van der Waals surface area contributed by atoms with Crippen molar-refractivity contribution in [2.24, 2.45) is 0 Å². The zero-order chi connectivity index (χ0) is 17.2. The Balaban J connectivity index is 1.33. The van der Waals surface area contributed by atoms with Crippen molar-refractivity contribution in [1.82, 2.24) is 29.5 Å². The predicted octanol–water partition coefficient (Wildman–Crippen LogP) is 1.96. The molecule has 0 bridgehead atoms. The molecular weight excluding hydrogens is 429 g/mol. The van der Waals surface area contributed by atoms with Gasteiger partial charge in [0, 0.05) is 12.6 Å². The summed E-state index contributed by atoms with van der Waals surface area (Å²) < 4.78 is 2.86. The first-order chi connectivity index (χ1) is 12.2. The fourth-order valence-electron chi connectivity index (χ4n) is 4.17. The van der Waals surface area contributed by atoms with Crippen molar-refractivity contribution in [1.29, 1.82) is 0 Å². The van der Waals surface area contributed by atoms with Gasteiger partial charge in [-0.2, -0.15) is 5.10 Å². The minimum absolute atomic E-state index is 0.517. The van der Waals surface area contributed by atoms with Gasteiger partial charge in [0.1, 0.15) is 15.8 Å². The van der Waals surface area contributed by atoms with Crippen molar-refractivity contribution in [3.05, 3.63) is 10.0 Å².